The topological polar surface area (TPSA) is 51.7 Å². The van der Waals surface area contributed by atoms with Crippen molar-refractivity contribution in [2.45, 2.75) is 39.2 Å². The van der Waals surface area contributed by atoms with Crippen LogP contribution in [0.2, 0.25) is 0 Å². The molecule has 0 spiro atoms. The number of ether oxygens (including phenoxy) is 2. The normalized spacial score (nSPS) is 14.2. The van der Waals surface area contributed by atoms with Crippen LogP contribution >= 0.6 is 12.4 Å². The zero-order valence-electron chi connectivity index (χ0n) is 18.0. The number of pyridine rings is 1. The highest BCUT2D eigenvalue weighted by Crippen LogP contribution is 2.36. The molecule has 0 aliphatic carbocycles. The van der Waals surface area contributed by atoms with Gasteiger partial charge in [0.25, 0.3) is 0 Å². The number of likely N-dealkylation sites (tertiary alicyclic amines) is 1. The van der Waals surface area contributed by atoms with Gasteiger partial charge in [0.05, 0.1) is 6.61 Å². The van der Waals surface area contributed by atoms with Crippen molar-refractivity contribution >= 4 is 29.2 Å². The van der Waals surface area contributed by atoms with Crippen LogP contribution in [0.4, 0.5) is 0 Å². The van der Waals surface area contributed by atoms with Crippen LogP contribution in [0.1, 0.15) is 33.1 Å². The summed E-state index contributed by atoms with van der Waals surface area (Å²) in [4.78, 5) is 18.3. The molecule has 6 heteroatoms. The Labute approximate surface area is 189 Å². The van der Waals surface area contributed by atoms with Gasteiger partial charge >= 0.3 is 0 Å². The van der Waals surface area contributed by atoms with E-state index in [0.29, 0.717) is 13.0 Å². The molecule has 0 bridgehead atoms. The van der Waals surface area contributed by atoms with Crippen LogP contribution in [0.15, 0.2) is 54.7 Å². The molecular formula is C25H29ClN2O3. The number of piperidine rings is 1. The summed E-state index contributed by atoms with van der Waals surface area (Å²) in [6, 6.07) is 16.3. The van der Waals surface area contributed by atoms with Crippen LogP contribution in [0, 0.1) is 0 Å². The number of hydrogen-bond donors (Lipinski definition) is 0. The lowest BCUT2D eigenvalue weighted by Gasteiger charge is -2.32. The Kier molecular flexibility index (Phi) is 7.75. The number of rotatable bonds is 6. The quantitative estimate of drug-likeness (QED) is 0.507. The second kappa shape index (κ2) is 10.5. The number of aromatic nitrogens is 1. The summed E-state index contributed by atoms with van der Waals surface area (Å²) in [6.45, 7) is 6.04. The molecule has 0 saturated carbocycles. The van der Waals surface area contributed by atoms with Crippen LogP contribution in [-0.4, -0.2) is 41.6 Å². The van der Waals surface area contributed by atoms with Gasteiger partial charge in [-0.1, -0.05) is 31.2 Å². The minimum absolute atomic E-state index is 0. The highest BCUT2D eigenvalue weighted by atomic mass is 35.5. The Hall–Kier alpha value is -2.79. The maximum absolute atomic E-state index is 11.8. The number of nitrogens with zero attached hydrogens (tertiary/aromatic N) is 2. The van der Waals surface area contributed by atoms with E-state index in [9.17, 15) is 4.79 Å². The second-order valence-electron chi connectivity index (χ2n) is 7.53. The molecule has 1 aliphatic heterocycles. The third kappa shape index (κ3) is 5.10. The van der Waals surface area contributed by atoms with Gasteiger partial charge in [0.2, 0.25) is 5.91 Å². The smallest absolute Gasteiger partial charge is 0.222 e. The van der Waals surface area contributed by atoms with E-state index < -0.39 is 0 Å². The van der Waals surface area contributed by atoms with E-state index >= 15 is 0 Å². The summed E-state index contributed by atoms with van der Waals surface area (Å²) in [7, 11) is 0. The summed E-state index contributed by atoms with van der Waals surface area (Å²) in [5, 5.41) is 1.07. The Bertz CT molecular complexity index is 1010. The molecule has 0 atom stereocenters. The molecule has 0 N–H and O–H groups in total. The number of carbonyl (C=O) groups excluding carboxylic acids is 1. The highest BCUT2D eigenvalue weighted by molar-refractivity contribution is 5.92. The fourth-order valence-electron chi connectivity index (χ4n) is 3.99. The highest BCUT2D eigenvalue weighted by Gasteiger charge is 2.23. The van der Waals surface area contributed by atoms with Crippen molar-refractivity contribution in [2.75, 3.05) is 19.7 Å². The van der Waals surface area contributed by atoms with Gasteiger partial charge in [0.15, 0.2) is 5.75 Å². The fraction of sp³-hybridized carbons (Fsp3) is 0.360. The lowest BCUT2D eigenvalue weighted by atomic mass is 10.0. The number of amides is 1. The van der Waals surface area contributed by atoms with Crippen molar-refractivity contribution in [1.82, 2.24) is 9.88 Å². The zero-order chi connectivity index (χ0) is 20.9. The summed E-state index contributed by atoms with van der Waals surface area (Å²) in [6.07, 6.45) is 4.27. The molecule has 1 saturated heterocycles. The first-order chi connectivity index (χ1) is 14.7. The average molecular weight is 441 g/mol. The lowest BCUT2D eigenvalue weighted by molar-refractivity contribution is -0.132. The molecule has 0 unspecified atom stereocenters. The van der Waals surface area contributed by atoms with E-state index in [2.05, 4.69) is 29.2 Å². The van der Waals surface area contributed by atoms with Gasteiger partial charge in [-0.25, -0.2) is 0 Å². The van der Waals surface area contributed by atoms with E-state index in [4.69, 9.17) is 9.47 Å². The van der Waals surface area contributed by atoms with Crippen molar-refractivity contribution in [3.8, 4) is 22.6 Å². The standard InChI is InChI=1S/C25H28N2O3.ClH/c1-3-23(28)27-16-13-21(14-17-27)30-20-10-7-18(8-11-20)22-12-9-19-6-5-15-26-24(19)25(22)29-4-2;/h5-12,15,21H,3-4,13-14,16-17H2,1-2H3;1H. The Morgan fingerprint density at radius 3 is 2.48 bits per heavy atom. The molecule has 1 aliphatic rings. The minimum Gasteiger partial charge on any atom is -0.491 e. The van der Waals surface area contributed by atoms with E-state index in [-0.39, 0.29) is 24.4 Å². The minimum atomic E-state index is 0. The molecule has 0 radical (unpaired) electrons. The van der Waals surface area contributed by atoms with Gasteiger partial charge in [-0.15, -0.1) is 12.4 Å². The van der Waals surface area contributed by atoms with Crippen molar-refractivity contribution in [2.24, 2.45) is 0 Å². The maximum Gasteiger partial charge on any atom is 0.222 e. The van der Waals surface area contributed by atoms with Crippen molar-refractivity contribution in [3.63, 3.8) is 0 Å². The van der Waals surface area contributed by atoms with Crippen molar-refractivity contribution in [1.29, 1.82) is 0 Å². The molecule has 1 amide bonds. The third-order valence-corrected chi connectivity index (χ3v) is 5.58. The van der Waals surface area contributed by atoms with Crippen molar-refractivity contribution in [3.05, 3.63) is 54.7 Å². The second-order valence-corrected chi connectivity index (χ2v) is 7.53. The first-order valence-electron chi connectivity index (χ1n) is 10.7. The molecule has 3 aromatic rings. The number of halogens is 1. The molecule has 2 heterocycles. The van der Waals surface area contributed by atoms with Gasteiger partial charge in [-0.05, 0) is 36.8 Å². The molecule has 31 heavy (non-hydrogen) atoms. The third-order valence-electron chi connectivity index (χ3n) is 5.58. The van der Waals surface area contributed by atoms with Crippen LogP contribution in [0.3, 0.4) is 0 Å². The van der Waals surface area contributed by atoms with Gasteiger partial charge in [0, 0.05) is 49.5 Å². The Morgan fingerprint density at radius 2 is 1.81 bits per heavy atom. The number of fused-ring (bicyclic) bond motifs is 1. The van der Waals surface area contributed by atoms with E-state index in [1.165, 1.54) is 0 Å². The van der Waals surface area contributed by atoms with Crippen LogP contribution in [-0.2, 0) is 4.79 Å². The zero-order valence-corrected chi connectivity index (χ0v) is 18.9. The lowest BCUT2D eigenvalue weighted by Crippen LogP contribution is -2.41. The Balaban J connectivity index is 0.00000272. The molecule has 4 rings (SSSR count). The number of carbonyl (C=O) groups is 1. The van der Waals surface area contributed by atoms with Crippen LogP contribution in [0.5, 0.6) is 11.5 Å². The predicted molar refractivity (Wildman–Crippen MR) is 126 cm³/mol. The predicted octanol–water partition coefficient (Wildman–Crippen LogP) is 5.50. The monoisotopic (exact) mass is 440 g/mol. The van der Waals surface area contributed by atoms with E-state index in [0.717, 1.165) is 59.5 Å². The van der Waals surface area contributed by atoms with Gasteiger partial charge in [-0.3, -0.25) is 9.78 Å². The molecular weight excluding hydrogens is 412 g/mol. The first-order valence-corrected chi connectivity index (χ1v) is 10.7. The molecule has 5 nitrogen and oxygen atoms in total. The van der Waals surface area contributed by atoms with Gasteiger partial charge in [-0.2, -0.15) is 0 Å². The molecule has 1 fully saturated rings. The fourth-order valence-corrected chi connectivity index (χ4v) is 3.99. The summed E-state index contributed by atoms with van der Waals surface area (Å²) in [5.74, 6) is 1.90. The van der Waals surface area contributed by atoms with Crippen LogP contribution < -0.4 is 9.47 Å². The first kappa shape index (κ1) is 22.9. The number of hydrogen-bond acceptors (Lipinski definition) is 4. The average Bonchev–Trinajstić information content (AvgIpc) is 2.80. The molecule has 2 aromatic carbocycles. The number of benzene rings is 2. The van der Waals surface area contributed by atoms with Gasteiger partial charge in [0.1, 0.15) is 17.4 Å². The Morgan fingerprint density at radius 1 is 1.06 bits per heavy atom. The summed E-state index contributed by atoms with van der Waals surface area (Å²) >= 11 is 0. The SMILES string of the molecule is CCOc1c(-c2ccc(OC3CCN(C(=O)CC)CC3)cc2)ccc2cccnc12.Cl. The molecule has 1 aromatic heterocycles. The largest absolute Gasteiger partial charge is 0.491 e. The summed E-state index contributed by atoms with van der Waals surface area (Å²) < 4.78 is 12.1. The van der Waals surface area contributed by atoms with E-state index in [1.807, 2.05) is 43.0 Å². The maximum atomic E-state index is 11.8. The van der Waals surface area contributed by atoms with Crippen LogP contribution in [0.25, 0.3) is 22.0 Å². The van der Waals surface area contributed by atoms with Crippen molar-refractivity contribution < 1.29 is 14.3 Å². The van der Waals surface area contributed by atoms with E-state index in [1.54, 1.807) is 6.20 Å². The molecule has 164 valence electrons. The van der Waals surface area contributed by atoms with Gasteiger partial charge < -0.3 is 14.4 Å². The summed E-state index contributed by atoms with van der Waals surface area (Å²) in [5.41, 5.74) is 2.98.